The van der Waals surface area contributed by atoms with Gasteiger partial charge in [-0.05, 0) is 12.1 Å². The molecule has 0 aliphatic carbocycles. The van der Waals surface area contributed by atoms with Gasteiger partial charge in [0.15, 0.2) is 0 Å². The third-order valence-corrected chi connectivity index (χ3v) is 3.23. The van der Waals surface area contributed by atoms with E-state index in [-0.39, 0.29) is 27.7 Å². The number of urea groups is 1. The minimum Gasteiger partial charge on any atom is -0.397 e. The Labute approximate surface area is 127 Å². The highest BCUT2D eigenvalue weighted by molar-refractivity contribution is 6.43. The second-order valence-corrected chi connectivity index (χ2v) is 5.03. The summed E-state index contributed by atoms with van der Waals surface area (Å²) in [7, 11) is 3.26. The van der Waals surface area contributed by atoms with Crippen LogP contribution in [0.15, 0.2) is 12.1 Å². The van der Waals surface area contributed by atoms with E-state index in [4.69, 9.17) is 28.9 Å². The van der Waals surface area contributed by atoms with E-state index in [9.17, 15) is 9.59 Å². The minimum atomic E-state index is -0.339. The lowest BCUT2D eigenvalue weighted by molar-refractivity contribution is 0.0953. The molecule has 0 heterocycles. The van der Waals surface area contributed by atoms with Crippen LogP contribution in [-0.2, 0) is 0 Å². The Balaban J connectivity index is 2.50. The van der Waals surface area contributed by atoms with Crippen LogP contribution in [-0.4, -0.2) is 44.0 Å². The van der Waals surface area contributed by atoms with Crippen molar-refractivity contribution in [1.29, 1.82) is 0 Å². The van der Waals surface area contributed by atoms with Crippen molar-refractivity contribution >= 4 is 40.8 Å². The number of halogens is 2. The Morgan fingerprint density at radius 3 is 2.35 bits per heavy atom. The van der Waals surface area contributed by atoms with Crippen molar-refractivity contribution in [3.8, 4) is 0 Å². The smallest absolute Gasteiger partial charge is 0.316 e. The molecule has 0 spiro atoms. The molecule has 0 saturated heterocycles. The lowest BCUT2D eigenvalue weighted by atomic mass is 10.2. The van der Waals surface area contributed by atoms with E-state index in [0.717, 1.165) is 0 Å². The summed E-state index contributed by atoms with van der Waals surface area (Å²) in [5.41, 5.74) is 6.18. The van der Waals surface area contributed by atoms with E-state index in [1.807, 2.05) is 0 Å². The maximum absolute atomic E-state index is 11.8. The van der Waals surface area contributed by atoms with Gasteiger partial charge < -0.3 is 21.3 Å². The van der Waals surface area contributed by atoms with E-state index < -0.39 is 0 Å². The summed E-state index contributed by atoms with van der Waals surface area (Å²) in [6, 6.07) is 2.66. The summed E-state index contributed by atoms with van der Waals surface area (Å²) < 4.78 is 0. The fourth-order valence-electron chi connectivity index (χ4n) is 1.35. The van der Waals surface area contributed by atoms with Gasteiger partial charge in [-0.3, -0.25) is 4.79 Å². The molecule has 6 nitrogen and oxygen atoms in total. The van der Waals surface area contributed by atoms with Gasteiger partial charge in [-0.25, -0.2) is 4.79 Å². The van der Waals surface area contributed by atoms with Crippen LogP contribution in [0, 0.1) is 0 Å². The molecule has 0 fully saturated rings. The van der Waals surface area contributed by atoms with E-state index >= 15 is 0 Å². The molecule has 0 radical (unpaired) electrons. The van der Waals surface area contributed by atoms with Crippen molar-refractivity contribution in [2.24, 2.45) is 0 Å². The molecule has 1 rings (SSSR count). The zero-order chi connectivity index (χ0) is 15.3. The van der Waals surface area contributed by atoms with Gasteiger partial charge in [0, 0.05) is 32.7 Å². The van der Waals surface area contributed by atoms with E-state index in [1.165, 1.54) is 17.0 Å². The molecular weight excluding hydrogens is 303 g/mol. The normalized spacial score (nSPS) is 10.0. The zero-order valence-electron chi connectivity index (χ0n) is 11.2. The van der Waals surface area contributed by atoms with Crippen LogP contribution in [0.25, 0.3) is 0 Å². The van der Waals surface area contributed by atoms with Gasteiger partial charge in [0.2, 0.25) is 0 Å². The molecule has 20 heavy (non-hydrogen) atoms. The number of nitrogen functional groups attached to an aromatic ring is 1. The number of hydrogen-bond donors (Lipinski definition) is 3. The van der Waals surface area contributed by atoms with Crippen LogP contribution in [0.5, 0.6) is 0 Å². The lowest BCUT2D eigenvalue weighted by Crippen LogP contribution is -2.39. The molecule has 0 saturated carbocycles. The summed E-state index contributed by atoms with van der Waals surface area (Å²) in [5, 5.41) is 5.70. The molecule has 0 bridgehead atoms. The van der Waals surface area contributed by atoms with Crippen molar-refractivity contribution < 1.29 is 9.59 Å². The van der Waals surface area contributed by atoms with Crippen LogP contribution in [0.1, 0.15) is 10.4 Å². The van der Waals surface area contributed by atoms with Gasteiger partial charge in [-0.2, -0.15) is 0 Å². The van der Waals surface area contributed by atoms with Crippen molar-refractivity contribution in [3.05, 3.63) is 27.7 Å². The first-order chi connectivity index (χ1) is 9.32. The Morgan fingerprint density at radius 2 is 1.80 bits per heavy atom. The number of nitrogens with two attached hydrogens (primary N) is 1. The number of rotatable bonds is 4. The minimum absolute atomic E-state index is 0.220. The summed E-state index contributed by atoms with van der Waals surface area (Å²) in [6.45, 7) is 0.609. The molecule has 1 aromatic rings. The first kappa shape index (κ1) is 16.4. The number of amides is 3. The molecule has 1 aromatic carbocycles. The van der Waals surface area contributed by atoms with Crippen LogP contribution < -0.4 is 16.4 Å². The number of anilines is 1. The predicted octanol–water partition coefficient (Wildman–Crippen LogP) is 1.58. The van der Waals surface area contributed by atoms with Crippen molar-refractivity contribution in [3.63, 3.8) is 0 Å². The number of nitrogens with one attached hydrogen (secondary N) is 2. The molecule has 8 heteroatoms. The third kappa shape index (κ3) is 4.47. The summed E-state index contributed by atoms with van der Waals surface area (Å²) in [5.74, 6) is -0.339. The second-order valence-electron chi connectivity index (χ2n) is 4.24. The highest BCUT2D eigenvalue weighted by Crippen LogP contribution is 2.29. The molecule has 0 unspecified atom stereocenters. The maximum Gasteiger partial charge on any atom is 0.316 e. The molecule has 4 N–H and O–H groups in total. The van der Waals surface area contributed by atoms with Crippen LogP contribution in [0.4, 0.5) is 10.5 Å². The highest BCUT2D eigenvalue weighted by atomic mass is 35.5. The topological polar surface area (TPSA) is 87.5 Å². The Morgan fingerprint density at radius 1 is 1.20 bits per heavy atom. The van der Waals surface area contributed by atoms with Crippen molar-refractivity contribution in [2.45, 2.75) is 0 Å². The Kier molecular flexibility index (Phi) is 5.91. The monoisotopic (exact) mass is 318 g/mol. The van der Waals surface area contributed by atoms with Gasteiger partial charge in [0.05, 0.1) is 15.7 Å². The first-order valence-electron chi connectivity index (χ1n) is 5.80. The van der Waals surface area contributed by atoms with Crippen LogP contribution in [0.2, 0.25) is 10.0 Å². The Bertz CT molecular complexity index is 497. The second kappa shape index (κ2) is 7.21. The first-order valence-corrected chi connectivity index (χ1v) is 6.56. The maximum atomic E-state index is 11.8. The number of carbonyl (C=O) groups is 2. The summed E-state index contributed by atoms with van der Waals surface area (Å²) >= 11 is 11.7. The summed E-state index contributed by atoms with van der Waals surface area (Å²) in [6.07, 6.45) is 0. The Hall–Kier alpha value is -1.66. The highest BCUT2D eigenvalue weighted by Gasteiger charge is 2.11. The molecule has 110 valence electrons. The lowest BCUT2D eigenvalue weighted by Gasteiger charge is -2.12. The molecule has 3 amide bonds. The van der Waals surface area contributed by atoms with Gasteiger partial charge >= 0.3 is 6.03 Å². The average Bonchev–Trinajstić information content (AvgIpc) is 2.39. The third-order valence-electron chi connectivity index (χ3n) is 2.41. The number of carbonyl (C=O) groups excluding carboxylic acids is 2. The van der Waals surface area contributed by atoms with E-state index in [2.05, 4.69) is 10.6 Å². The zero-order valence-corrected chi connectivity index (χ0v) is 12.7. The van der Waals surface area contributed by atoms with Gasteiger partial charge in [-0.15, -0.1) is 0 Å². The summed E-state index contributed by atoms with van der Waals surface area (Å²) in [4.78, 5) is 24.5. The van der Waals surface area contributed by atoms with Crippen LogP contribution in [0.3, 0.4) is 0 Å². The predicted molar refractivity (Wildman–Crippen MR) is 80.3 cm³/mol. The fourth-order valence-corrected chi connectivity index (χ4v) is 1.68. The van der Waals surface area contributed by atoms with Crippen molar-refractivity contribution in [1.82, 2.24) is 15.5 Å². The molecule has 0 atom stereocenters. The number of hydrogen-bond acceptors (Lipinski definition) is 3. The van der Waals surface area contributed by atoms with E-state index in [0.29, 0.717) is 18.7 Å². The largest absolute Gasteiger partial charge is 0.397 e. The van der Waals surface area contributed by atoms with Gasteiger partial charge in [-0.1, -0.05) is 23.2 Å². The molecule has 0 aliphatic rings. The molecule has 0 aliphatic heterocycles. The average molecular weight is 319 g/mol. The number of benzene rings is 1. The fraction of sp³-hybridized carbons (Fsp3) is 0.333. The van der Waals surface area contributed by atoms with E-state index in [1.54, 1.807) is 14.1 Å². The quantitative estimate of drug-likeness (QED) is 0.581. The SMILES string of the molecule is CN(C)C(=O)NCCNC(=O)c1cc(N)c(Cl)c(Cl)c1. The van der Waals surface area contributed by atoms with Crippen molar-refractivity contribution in [2.75, 3.05) is 32.9 Å². The number of nitrogens with zero attached hydrogens (tertiary/aromatic N) is 1. The standard InChI is InChI=1S/C12H16Cl2N4O2/c1-18(2)12(20)17-4-3-16-11(19)7-5-8(13)10(14)9(15)6-7/h5-6H,3-4,15H2,1-2H3,(H,16,19)(H,17,20). The van der Waals surface area contributed by atoms with Crippen LogP contribution >= 0.6 is 23.2 Å². The molecular formula is C12H16Cl2N4O2. The molecule has 0 aromatic heterocycles. The van der Waals surface area contributed by atoms with Gasteiger partial charge in [0.25, 0.3) is 5.91 Å². The van der Waals surface area contributed by atoms with Gasteiger partial charge in [0.1, 0.15) is 0 Å².